The Labute approximate surface area is 165 Å². The molecule has 1 fully saturated rings. The number of nitrogens with one attached hydrogen (secondary N) is 1. The van der Waals surface area contributed by atoms with E-state index in [1.807, 2.05) is 30.3 Å². The van der Waals surface area contributed by atoms with E-state index in [0.29, 0.717) is 0 Å². The molecule has 0 saturated carbocycles. The molecule has 2 aromatic rings. The van der Waals surface area contributed by atoms with Crippen molar-refractivity contribution in [2.75, 3.05) is 19.6 Å². The van der Waals surface area contributed by atoms with E-state index in [2.05, 4.69) is 9.62 Å². The summed E-state index contributed by atoms with van der Waals surface area (Å²) in [5, 5.41) is -0.204. The van der Waals surface area contributed by atoms with Crippen LogP contribution >= 0.6 is 11.6 Å². The molecule has 1 aliphatic heterocycles. The van der Waals surface area contributed by atoms with Gasteiger partial charge >= 0.3 is 0 Å². The van der Waals surface area contributed by atoms with Crippen molar-refractivity contribution in [1.29, 1.82) is 0 Å². The molecule has 1 saturated heterocycles. The highest BCUT2D eigenvalue weighted by atomic mass is 35.5. The summed E-state index contributed by atoms with van der Waals surface area (Å²) < 4.78 is 41.4. The van der Waals surface area contributed by atoms with Crippen LogP contribution in [0.15, 0.2) is 53.4 Å². The van der Waals surface area contributed by atoms with Crippen molar-refractivity contribution < 1.29 is 12.8 Å². The second-order valence-corrected chi connectivity index (χ2v) is 8.98. The van der Waals surface area contributed by atoms with Crippen LogP contribution in [0.4, 0.5) is 4.39 Å². The van der Waals surface area contributed by atoms with Crippen molar-refractivity contribution in [3.05, 3.63) is 64.9 Å². The van der Waals surface area contributed by atoms with Gasteiger partial charge in [0.25, 0.3) is 0 Å². The van der Waals surface area contributed by atoms with Gasteiger partial charge in [0.2, 0.25) is 10.0 Å². The first-order chi connectivity index (χ1) is 13.0. The van der Waals surface area contributed by atoms with Gasteiger partial charge in [0.05, 0.1) is 9.92 Å². The highest BCUT2D eigenvalue weighted by Gasteiger charge is 2.24. The maximum Gasteiger partial charge on any atom is 0.240 e. The Balaban J connectivity index is 1.80. The Morgan fingerprint density at radius 1 is 1.04 bits per heavy atom. The standard InChI is InChI=1S/C20H24ClFN2O2S/c21-18-14-17(10-11-19(18)22)27(25,26)23-15-20(16-8-4-3-5-9-16)24-12-6-1-2-7-13-24/h3-5,8-11,14,20,23H,1-2,6-7,12-13,15H2. The molecule has 7 heteroatoms. The van der Waals surface area contributed by atoms with Gasteiger partial charge < -0.3 is 0 Å². The van der Waals surface area contributed by atoms with Crippen LogP contribution in [-0.4, -0.2) is 33.0 Å². The molecule has 1 heterocycles. The van der Waals surface area contributed by atoms with Crippen LogP contribution in [0.1, 0.15) is 37.3 Å². The molecule has 0 amide bonds. The average Bonchev–Trinajstić information content (AvgIpc) is 2.94. The molecule has 4 nitrogen and oxygen atoms in total. The maximum absolute atomic E-state index is 13.3. The molecule has 0 bridgehead atoms. The molecule has 0 aliphatic carbocycles. The smallest absolute Gasteiger partial charge is 0.240 e. The Bertz CT molecular complexity index is 854. The van der Waals surface area contributed by atoms with Gasteiger partial charge in [-0.3, -0.25) is 4.90 Å². The average molecular weight is 411 g/mol. The lowest BCUT2D eigenvalue weighted by molar-refractivity contribution is 0.206. The van der Waals surface area contributed by atoms with Crippen molar-refractivity contribution in [2.45, 2.75) is 36.6 Å². The maximum atomic E-state index is 13.3. The summed E-state index contributed by atoms with van der Waals surface area (Å²) in [6.07, 6.45) is 4.64. The van der Waals surface area contributed by atoms with Crippen molar-refractivity contribution in [2.24, 2.45) is 0 Å². The fourth-order valence-corrected chi connectivity index (χ4v) is 4.77. The van der Waals surface area contributed by atoms with E-state index in [1.54, 1.807) is 0 Å². The minimum Gasteiger partial charge on any atom is -0.295 e. The first kappa shape index (κ1) is 20.3. The predicted octanol–water partition coefficient (Wildman–Crippen LogP) is 4.37. The zero-order valence-electron chi connectivity index (χ0n) is 15.1. The van der Waals surface area contributed by atoms with Crippen LogP contribution in [0, 0.1) is 5.82 Å². The summed E-state index contributed by atoms with van der Waals surface area (Å²) in [5.41, 5.74) is 1.08. The van der Waals surface area contributed by atoms with E-state index in [-0.39, 0.29) is 22.5 Å². The van der Waals surface area contributed by atoms with Crippen LogP contribution in [0.2, 0.25) is 5.02 Å². The molecule has 1 atom stereocenters. The number of likely N-dealkylation sites (tertiary alicyclic amines) is 1. The normalized spacial score (nSPS) is 17.4. The molecule has 2 aromatic carbocycles. The van der Waals surface area contributed by atoms with Crippen molar-refractivity contribution in [3.8, 4) is 0 Å². The number of benzene rings is 2. The van der Waals surface area contributed by atoms with E-state index in [1.165, 1.54) is 18.9 Å². The summed E-state index contributed by atoms with van der Waals surface area (Å²) in [4.78, 5) is 2.32. The van der Waals surface area contributed by atoms with Crippen LogP contribution in [0.3, 0.4) is 0 Å². The van der Waals surface area contributed by atoms with Gasteiger partial charge in [-0.25, -0.2) is 17.5 Å². The van der Waals surface area contributed by atoms with Crippen LogP contribution in [0.5, 0.6) is 0 Å². The molecular formula is C20H24ClFN2O2S. The molecule has 0 spiro atoms. The summed E-state index contributed by atoms with van der Waals surface area (Å²) >= 11 is 5.74. The number of hydrogen-bond acceptors (Lipinski definition) is 3. The molecule has 1 aliphatic rings. The van der Waals surface area contributed by atoms with Crippen LogP contribution in [0.25, 0.3) is 0 Å². The van der Waals surface area contributed by atoms with E-state index in [0.717, 1.165) is 43.6 Å². The highest BCUT2D eigenvalue weighted by Crippen LogP contribution is 2.25. The predicted molar refractivity (Wildman–Crippen MR) is 106 cm³/mol. The molecule has 146 valence electrons. The number of sulfonamides is 1. The lowest BCUT2D eigenvalue weighted by Crippen LogP contribution is -2.38. The fraction of sp³-hybridized carbons (Fsp3) is 0.400. The van der Waals surface area contributed by atoms with Crippen molar-refractivity contribution in [1.82, 2.24) is 9.62 Å². The zero-order valence-corrected chi connectivity index (χ0v) is 16.6. The third kappa shape index (κ3) is 5.29. The lowest BCUT2D eigenvalue weighted by Gasteiger charge is -2.31. The monoisotopic (exact) mass is 410 g/mol. The van der Waals surface area contributed by atoms with E-state index in [4.69, 9.17) is 11.6 Å². The minimum atomic E-state index is -3.78. The molecule has 1 unspecified atom stereocenters. The van der Waals surface area contributed by atoms with E-state index in [9.17, 15) is 12.8 Å². The lowest BCUT2D eigenvalue weighted by atomic mass is 10.1. The summed E-state index contributed by atoms with van der Waals surface area (Å²) in [5.74, 6) is -0.637. The van der Waals surface area contributed by atoms with Gasteiger partial charge in [-0.2, -0.15) is 0 Å². The summed E-state index contributed by atoms with van der Waals surface area (Å²) in [7, 11) is -3.78. The quantitative estimate of drug-likeness (QED) is 0.769. The zero-order chi connectivity index (χ0) is 19.3. The molecule has 27 heavy (non-hydrogen) atoms. The third-order valence-electron chi connectivity index (χ3n) is 4.93. The van der Waals surface area contributed by atoms with Gasteiger partial charge in [-0.05, 0) is 49.7 Å². The third-order valence-corrected chi connectivity index (χ3v) is 6.64. The second-order valence-electron chi connectivity index (χ2n) is 6.80. The van der Waals surface area contributed by atoms with Gasteiger partial charge in [0.1, 0.15) is 5.82 Å². The number of rotatable bonds is 6. The first-order valence-corrected chi connectivity index (χ1v) is 11.1. The Morgan fingerprint density at radius 2 is 1.70 bits per heavy atom. The van der Waals surface area contributed by atoms with E-state index < -0.39 is 15.8 Å². The largest absolute Gasteiger partial charge is 0.295 e. The van der Waals surface area contributed by atoms with Gasteiger partial charge in [0.15, 0.2) is 0 Å². The first-order valence-electron chi connectivity index (χ1n) is 9.21. The molecule has 3 rings (SSSR count). The number of hydrogen-bond donors (Lipinski definition) is 1. The summed E-state index contributed by atoms with van der Waals surface area (Å²) in [6.45, 7) is 2.15. The highest BCUT2D eigenvalue weighted by molar-refractivity contribution is 7.89. The summed E-state index contributed by atoms with van der Waals surface area (Å²) in [6, 6.07) is 13.3. The van der Waals surface area contributed by atoms with Gasteiger partial charge in [-0.15, -0.1) is 0 Å². The minimum absolute atomic E-state index is 0.0309. The Morgan fingerprint density at radius 3 is 2.33 bits per heavy atom. The molecule has 1 N–H and O–H groups in total. The van der Waals surface area contributed by atoms with Crippen molar-refractivity contribution >= 4 is 21.6 Å². The molecule has 0 radical (unpaired) electrons. The van der Waals surface area contributed by atoms with Gasteiger partial charge in [-0.1, -0.05) is 54.8 Å². The Hall–Kier alpha value is -1.47. The number of nitrogens with zero attached hydrogens (tertiary/aromatic N) is 1. The Kier molecular flexibility index (Phi) is 6.87. The topological polar surface area (TPSA) is 49.4 Å². The molecular weight excluding hydrogens is 387 g/mol. The SMILES string of the molecule is O=S(=O)(NCC(c1ccccc1)N1CCCCCC1)c1ccc(F)c(Cl)c1. The van der Waals surface area contributed by atoms with Crippen molar-refractivity contribution in [3.63, 3.8) is 0 Å². The van der Waals surface area contributed by atoms with Crippen LogP contribution in [-0.2, 0) is 10.0 Å². The van der Waals surface area contributed by atoms with Crippen LogP contribution < -0.4 is 4.72 Å². The molecule has 0 aromatic heterocycles. The fourth-order valence-electron chi connectivity index (χ4n) is 3.46. The van der Waals surface area contributed by atoms with E-state index >= 15 is 0 Å². The number of halogens is 2. The van der Waals surface area contributed by atoms with Gasteiger partial charge in [0, 0.05) is 12.6 Å². The second kappa shape index (κ2) is 9.15.